The van der Waals surface area contributed by atoms with Gasteiger partial charge < -0.3 is 25.4 Å². The number of nitrogens with one attached hydrogen (secondary N) is 3. The number of carbonyl (C=O) groups is 2. The Hall–Kier alpha value is -4.88. The number of benzene rings is 1. The number of para-hydroxylation sites is 1. The molecule has 1 aliphatic carbocycles. The van der Waals surface area contributed by atoms with E-state index in [-0.39, 0.29) is 29.4 Å². The first-order chi connectivity index (χ1) is 21.4. The van der Waals surface area contributed by atoms with E-state index in [0.29, 0.717) is 23.7 Å². The Morgan fingerprint density at radius 1 is 1.02 bits per heavy atom. The van der Waals surface area contributed by atoms with Crippen molar-refractivity contribution in [1.29, 1.82) is 0 Å². The van der Waals surface area contributed by atoms with Gasteiger partial charge in [-0.15, -0.1) is 10.2 Å². The summed E-state index contributed by atoms with van der Waals surface area (Å²) in [7, 11) is 4.79. The molecule has 3 N–H and O–H groups in total. The molecular weight excluding hydrogens is 562 g/mol. The molecule has 0 atom stereocenters. The molecule has 4 aromatic rings. The quantitative estimate of drug-likeness (QED) is 0.222. The molecule has 0 spiro atoms. The summed E-state index contributed by atoms with van der Waals surface area (Å²) in [6.07, 6.45) is 5.58. The fourth-order valence-corrected chi connectivity index (χ4v) is 5.23. The molecule has 228 valence electrons. The summed E-state index contributed by atoms with van der Waals surface area (Å²) >= 11 is 0. The number of anilines is 3. The Balaban J connectivity index is 1.18. The third kappa shape index (κ3) is 6.38. The maximum absolute atomic E-state index is 12.6. The number of methoxy groups -OCH3 is 2. The van der Waals surface area contributed by atoms with Crippen LogP contribution < -0.4 is 20.7 Å². The molecule has 13 heteroatoms. The monoisotopic (exact) mass is 597 g/mol. The van der Waals surface area contributed by atoms with Crippen molar-refractivity contribution in [2.45, 2.75) is 32.0 Å². The van der Waals surface area contributed by atoms with Crippen molar-refractivity contribution in [3.05, 3.63) is 71.9 Å². The topological polar surface area (TPSA) is 148 Å². The Morgan fingerprint density at radius 2 is 1.82 bits per heavy atom. The van der Waals surface area contributed by atoms with Crippen LogP contribution in [0, 0.1) is 5.92 Å². The van der Waals surface area contributed by atoms with Crippen LogP contribution >= 0.6 is 0 Å². The van der Waals surface area contributed by atoms with Gasteiger partial charge in [0.2, 0.25) is 5.91 Å². The van der Waals surface area contributed by atoms with Gasteiger partial charge in [-0.1, -0.05) is 18.2 Å². The van der Waals surface area contributed by atoms with E-state index in [2.05, 4.69) is 41.1 Å². The first-order valence-corrected chi connectivity index (χ1v) is 14.5. The third-order valence-corrected chi connectivity index (χ3v) is 7.69. The number of ether oxygens (including phenoxy) is 2. The van der Waals surface area contributed by atoms with Crippen LogP contribution in [0.3, 0.4) is 0 Å². The van der Waals surface area contributed by atoms with E-state index in [1.54, 1.807) is 20.3 Å². The number of hydrogen-bond acceptors (Lipinski definition) is 10. The summed E-state index contributed by atoms with van der Waals surface area (Å²) in [5.41, 5.74) is 4.78. The lowest BCUT2D eigenvalue weighted by Crippen LogP contribution is -2.47. The maximum Gasteiger partial charge on any atom is 0.273 e. The standard InChI is InChI=1S/C31H35N9O4/c1-32-31(42)28-26(12-27(37-38-28)36-30(41)19-10-11-19)35-25-9-5-8-24(29(25)44-3)20-13-33-40(14-20)23-16-39(17-23)15-21-6-4-7-22(34-21)18-43-2/h4-9,12-14,19,23H,10-11,15-18H2,1-3H3,(H,32,42)(H2,35,36,37,41). The van der Waals surface area contributed by atoms with E-state index >= 15 is 0 Å². The van der Waals surface area contributed by atoms with Crippen molar-refractivity contribution in [3.63, 3.8) is 0 Å². The molecule has 1 aromatic carbocycles. The zero-order chi connectivity index (χ0) is 30.6. The van der Waals surface area contributed by atoms with Crippen LogP contribution in [-0.4, -0.2) is 76.0 Å². The number of carbonyl (C=O) groups excluding carboxylic acids is 2. The summed E-state index contributed by atoms with van der Waals surface area (Å²) in [5.74, 6) is 0.332. The van der Waals surface area contributed by atoms with Crippen LogP contribution in [0.5, 0.6) is 5.75 Å². The van der Waals surface area contributed by atoms with E-state index in [1.165, 1.54) is 7.05 Å². The Kier molecular flexibility index (Phi) is 8.48. The molecule has 2 aliphatic rings. The lowest BCUT2D eigenvalue weighted by molar-refractivity contribution is -0.117. The number of nitrogens with zero attached hydrogens (tertiary/aromatic N) is 6. The lowest BCUT2D eigenvalue weighted by atomic mass is 10.1. The molecule has 1 aliphatic heterocycles. The van der Waals surface area contributed by atoms with Crippen molar-refractivity contribution >= 4 is 29.0 Å². The zero-order valence-electron chi connectivity index (χ0n) is 24.9. The SMILES string of the molecule is CNC(=O)c1nnc(NC(=O)C2CC2)cc1Nc1cccc(-c2cnn(C3CN(Cc4cccc(COC)n4)C3)c2)c1OC. The molecule has 1 saturated carbocycles. The maximum atomic E-state index is 12.6. The molecule has 3 aromatic heterocycles. The lowest BCUT2D eigenvalue weighted by Gasteiger charge is -2.39. The van der Waals surface area contributed by atoms with Gasteiger partial charge in [0, 0.05) is 63.1 Å². The molecule has 4 heterocycles. The van der Waals surface area contributed by atoms with Gasteiger partial charge in [-0.25, -0.2) is 0 Å². The molecule has 44 heavy (non-hydrogen) atoms. The van der Waals surface area contributed by atoms with Gasteiger partial charge in [0.25, 0.3) is 5.91 Å². The van der Waals surface area contributed by atoms with E-state index in [1.807, 2.05) is 53.5 Å². The predicted molar refractivity (Wildman–Crippen MR) is 164 cm³/mol. The number of pyridine rings is 1. The van der Waals surface area contributed by atoms with Gasteiger partial charge in [0.15, 0.2) is 11.5 Å². The molecule has 0 radical (unpaired) electrons. The Bertz CT molecular complexity index is 1660. The molecule has 2 fully saturated rings. The number of aromatic nitrogens is 5. The molecule has 6 rings (SSSR count). The van der Waals surface area contributed by atoms with E-state index in [9.17, 15) is 9.59 Å². The molecular formula is C31H35N9O4. The van der Waals surface area contributed by atoms with Gasteiger partial charge in [-0.3, -0.25) is 24.2 Å². The first kappa shape index (κ1) is 29.2. The molecule has 13 nitrogen and oxygen atoms in total. The minimum absolute atomic E-state index is 0.00249. The van der Waals surface area contributed by atoms with Crippen molar-refractivity contribution in [2.24, 2.45) is 5.92 Å². The van der Waals surface area contributed by atoms with Crippen LogP contribution in [-0.2, 0) is 22.7 Å². The minimum atomic E-state index is -0.413. The van der Waals surface area contributed by atoms with Gasteiger partial charge in [-0.2, -0.15) is 5.10 Å². The fourth-order valence-electron chi connectivity index (χ4n) is 5.23. The van der Waals surface area contributed by atoms with Gasteiger partial charge in [0.1, 0.15) is 5.75 Å². The molecule has 2 amide bonds. The van der Waals surface area contributed by atoms with Gasteiger partial charge in [0.05, 0.1) is 48.7 Å². The number of likely N-dealkylation sites (tertiary alicyclic amines) is 1. The Morgan fingerprint density at radius 3 is 2.57 bits per heavy atom. The number of amides is 2. The van der Waals surface area contributed by atoms with Crippen molar-refractivity contribution in [1.82, 2.24) is 35.2 Å². The second kappa shape index (κ2) is 12.8. The van der Waals surface area contributed by atoms with Gasteiger partial charge in [-0.05, 0) is 31.0 Å². The van der Waals surface area contributed by atoms with Crippen LogP contribution in [0.15, 0.2) is 54.9 Å². The summed E-state index contributed by atoms with van der Waals surface area (Å²) in [6.45, 7) is 3.01. The van der Waals surface area contributed by atoms with Crippen LogP contribution in [0.4, 0.5) is 17.2 Å². The van der Waals surface area contributed by atoms with Gasteiger partial charge >= 0.3 is 0 Å². The van der Waals surface area contributed by atoms with Crippen LogP contribution in [0.25, 0.3) is 11.1 Å². The first-order valence-electron chi connectivity index (χ1n) is 14.5. The molecule has 0 bridgehead atoms. The van der Waals surface area contributed by atoms with E-state index in [0.717, 1.165) is 55.0 Å². The highest BCUT2D eigenvalue weighted by Gasteiger charge is 2.31. The summed E-state index contributed by atoms with van der Waals surface area (Å²) in [4.78, 5) is 31.9. The van der Waals surface area contributed by atoms with Crippen LogP contribution in [0.1, 0.15) is 40.8 Å². The average molecular weight is 598 g/mol. The average Bonchev–Trinajstić information content (AvgIpc) is 3.76. The van der Waals surface area contributed by atoms with Crippen molar-refractivity contribution in [3.8, 4) is 16.9 Å². The van der Waals surface area contributed by atoms with Crippen molar-refractivity contribution < 1.29 is 19.1 Å². The molecule has 0 unspecified atom stereocenters. The second-order valence-corrected chi connectivity index (χ2v) is 11.0. The van der Waals surface area contributed by atoms with E-state index < -0.39 is 5.91 Å². The Labute approximate surface area is 255 Å². The summed E-state index contributed by atoms with van der Waals surface area (Å²) < 4.78 is 13.1. The van der Waals surface area contributed by atoms with Crippen molar-refractivity contribution in [2.75, 3.05) is 45.0 Å². The highest BCUT2D eigenvalue weighted by atomic mass is 16.5. The second-order valence-electron chi connectivity index (χ2n) is 11.0. The predicted octanol–water partition coefficient (Wildman–Crippen LogP) is 3.40. The number of hydrogen-bond donors (Lipinski definition) is 3. The smallest absolute Gasteiger partial charge is 0.273 e. The van der Waals surface area contributed by atoms with E-state index in [4.69, 9.17) is 9.47 Å². The third-order valence-electron chi connectivity index (χ3n) is 7.69. The summed E-state index contributed by atoms with van der Waals surface area (Å²) in [6, 6.07) is 13.6. The highest BCUT2D eigenvalue weighted by Crippen LogP contribution is 2.39. The van der Waals surface area contributed by atoms with Crippen LogP contribution in [0.2, 0.25) is 0 Å². The normalized spacial score (nSPS) is 15.0. The molecule has 1 saturated heterocycles. The fraction of sp³-hybridized carbons (Fsp3) is 0.355. The zero-order valence-corrected chi connectivity index (χ0v) is 24.9. The minimum Gasteiger partial charge on any atom is -0.494 e. The highest BCUT2D eigenvalue weighted by molar-refractivity contribution is 6.00. The number of rotatable bonds is 12. The summed E-state index contributed by atoms with van der Waals surface area (Å²) in [5, 5.41) is 21.5. The largest absolute Gasteiger partial charge is 0.494 e.